The third kappa shape index (κ3) is 6.20. The molecule has 0 unspecified atom stereocenters. The summed E-state index contributed by atoms with van der Waals surface area (Å²) < 4.78 is 10.9. The topological polar surface area (TPSA) is 64.6 Å². The molecule has 6 heteroatoms. The number of ether oxygens (including phenoxy) is 2. The van der Waals surface area contributed by atoms with E-state index in [-0.39, 0.29) is 12.5 Å². The first-order valence-electron chi connectivity index (χ1n) is 10.9. The van der Waals surface area contributed by atoms with Gasteiger partial charge in [-0.05, 0) is 42.5 Å². The van der Waals surface area contributed by atoms with Crippen molar-refractivity contribution < 1.29 is 19.1 Å². The third-order valence-electron chi connectivity index (χ3n) is 4.97. The molecule has 168 valence electrons. The molecule has 1 heterocycles. The number of hydrogen-bond donors (Lipinski definition) is 1. The standard InChI is InChI=1S/C26H29NO4S/c1-4-30-26(29)24-22(20-14-12-19(13-15-20)18(2)3)17-32-25(24)27-23(28)11-8-16-31-21-9-6-5-7-10-21/h5-7,9-10,12-15,17-18H,4,8,11,16H2,1-3H3,(H,27,28). The van der Waals surface area contributed by atoms with Crippen LogP contribution in [0.2, 0.25) is 0 Å². The van der Waals surface area contributed by atoms with E-state index in [1.54, 1.807) is 6.92 Å². The first kappa shape index (κ1) is 23.5. The second-order valence-corrected chi connectivity index (χ2v) is 8.54. The van der Waals surface area contributed by atoms with Gasteiger partial charge >= 0.3 is 5.97 Å². The highest BCUT2D eigenvalue weighted by atomic mass is 32.1. The summed E-state index contributed by atoms with van der Waals surface area (Å²) in [6.45, 7) is 6.77. The lowest BCUT2D eigenvalue weighted by Crippen LogP contribution is -2.15. The predicted octanol–water partition coefficient (Wildman–Crippen LogP) is 6.51. The second kappa shape index (κ2) is 11.5. The van der Waals surface area contributed by atoms with Crippen LogP contribution in [0.15, 0.2) is 60.0 Å². The number of nitrogens with one attached hydrogen (secondary N) is 1. The highest BCUT2D eigenvalue weighted by molar-refractivity contribution is 7.15. The third-order valence-corrected chi connectivity index (χ3v) is 5.87. The maximum atomic E-state index is 12.7. The van der Waals surface area contributed by atoms with Crippen LogP contribution in [0.5, 0.6) is 5.75 Å². The molecule has 3 rings (SSSR count). The van der Waals surface area contributed by atoms with E-state index in [0.717, 1.165) is 16.9 Å². The molecule has 0 radical (unpaired) electrons. The van der Waals surface area contributed by atoms with Crippen LogP contribution in [0.1, 0.15) is 55.5 Å². The summed E-state index contributed by atoms with van der Waals surface area (Å²) in [5, 5.41) is 5.30. The van der Waals surface area contributed by atoms with Crippen molar-refractivity contribution in [2.45, 2.75) is 39.5 Å². The molecule has 0 aliphatic heterocycles. The summed E-state index contributed by atoms with van der Waals surface area (Å²) in [6.07, 6.45) is 0.871. The summed E-state index contributed by atoms with van der Waals surface area (Å²) in [7, 11) is 0. The highest BCUT2D eigenvalue weighted by Gasteiger charge is 2.22. The van der Waals surface area contributed by atoms with Crippen molar-refractivity contribution in [3.63, 3.8) is 0 Å². The zero-order valence-electron chi connectivity index (χ0n) is 18.7. The minimum atomic E-state index is -0.431. The van der Waals surface area contributed by atoms with E-state index < -0.39 is 5.97 Å². The van der Waals surface area contributed by atoms with Crippen molar-refractivity contribution >= 4 is 28.2 Å². The Bertz CT molecular complexity index is 1030. The molecule has 0 atom stereocenters. The first-order chi connectivity index (χ1) is 15.5. The number of hydrogen-bond acceptors (Lipinski definition) is 5. The second-order valence-electron chi connectivity index (χ2n) is 7.66. The molecule has 0 aliphatic rings. The monoisotopic (exact) mass is 451 g/mol. The number of thiophene rings is 1. The fourth-order valence-electron chi connectivity index (χ4n) is 3.24. The lowest BCUT2D eigenvalue weighted by molar-refractivity contribution is -0.116. The fourth-order valence-corrected chi connectivity index (χ4v) is 4.22. The van der Waals surface area contributed by atoms with E-state index >= 15 is 0 Å². The molecular weight excluding hydrogens is 422 g/mol. The quantitative estimate of drug-likeness (QED) is 0.282. The number of carbonyl (C=O) groups excluding carboxylic acids is 2. The van der Waals surface area contributed by atoms with Crippen LogP contribution in [0.25, 0.3) is 11.1 Å². The average Bonchev–Trinajstić information content (AvgIpc) is 3.21. The SMILES string of the molecule is CCOC(=O)c1c(-c2ccc(C(C)C)cc2)csc1NC(=O)CCCOc1ccccc1. The Morgan fingerprint density at radius 2 is 1.75 bits per heavy atom. The van der Waals surface area contributed by atoms with Crippen molar-refractivity contribution in [1.82, 2.24) is 0 Å². The molecule has 0 bridgehead atoms. The molecule has 1 N–H and O–H groups in total. The van der Waals surface area contributed by atoms with Gasteiger partial charge < -0.3 is 14.8 Å². The van der Waals surface area contributed by atoms with Gasteiger partial charge in [0.2, 0.25) is 5.91 Å². The Balaban J connectivity index is 1.68. The first-order valence-corrected chi connectivity index (χ1v) is 11.7. The van der Waals surface area contributed by atoms with Crippen molar-refractivity contribution in [2.24, 2.45) is 0 Å². The van der Waals surface area contributed by atoms with Gasteiger partial charge in [-0.3, -0.25) is 4.79 Å². The van der Waals surface area contributed by atoms with Crippen molar-refractivity contribution in [3.05, 3.63) is 71.1 Å². The van der Waals surface area contributed by atoms with Gasteiger partial charge in [0.15, 0.2) is 0 Å². The van der Waals surface area contributed by atoms with Crippen molar-refractivity contribution in [1.29, 1.82) is 0 Å². The highest BCUT2D eigenvalue weighted by Crippen LogP contribution is 2.37. The van der Waals surface area contributed by atoms with Crippen LogP contribution < -0.4 is 10.1 Å². The molecule has 1 aromatic heterocycles. The summed E-state index contributed by atoms with van der Waals surface area (Å²) in [6, 6.07) is 17.6. The van der Waals surface area contributed by atoms with Crippen molar-refractivity contribution in [3.8, 4) is 16.9 Å². The largest absolute Gasteiger partial charge is 0.494 e. The van der Waals surface area contributed by atoms with E-state index in [9.17, 15) is 9.59 Å². The van der Waals surface area contributed by atoms with Gasteiger partial charge in [-0.1, -0.05) is 56.3 Å². The number of benzene rings is 2. The zero-order valence-corrected chi connectivity index (χ0v) is 19.5. The van der Waals surface area contributed by atoms with Crippen LogP contribution in [0.4, 0.5) is 5.00 Å². The number of esters is 1. The number of rotatable bonds is 10. The average molecular weight is 452 g/mol. The molecule has 0 saturated carbocycles. The fraction of sp³-hybridized carbons (Fsp3) is 0.308. The van der Waals surface area contributed by atoms with Crippen molar-refractivity contribution in [2.75, 3.05) is 18.5 Å². The summed E-state index contributed by atoms with van der Waals surface area (Å²) in [4.78, 5) is 25.2. The molecule has 2 aromatic carbocycles. The van der Waals surface area contributed by atoms with Gasteiger partial charge in [-0.25, -0.2) is 4.79 Å². The van der Waals surface area contributed by atoms with Gasteiger partial charge in [0.05, 0.1) is 13.2 Å². The van der Waals surface area contributed by atoms with E-state index in [1.165, 1.54) is 16.9 Å². The van der Waals surface area contributed by atoms with Crippen LogP contribution >= 0.6 is 11.3 Å². The van der Waals surface area contributed by atoms with Gasteiger partial charge in [-0.2, -0.15) is 0 Å². The van der Waals surface area contributed by atoms with E-state index in [0.29, 0.717) is 35.9 Å². The molecule has 5 nitrogen and oxygen atoms in total. The summed E-state index contributed by atoms with van der Waals surface area (Å²) in [5.41, 5.74) is 3.33. The maximum Gasteiger partial charge on any atom is 0.341 e. The Labute approximate surface area is 193 Å². The molecule has 0 saturated heterocycles. The smallest absolute Gasteiger partial charge is 0.341 e. The lowest BCUT2D eigenvalue weighted by atomic mass is 9.98. The molecule has 3 aromatic rings. The van der Waals surface area contributed by atoms with Crippen LogP contribution in [0, 0.1) is 0 Å². The predicted molar refractivity (Wildman–Crippen MR) is 130 cm³/mol. The minimum absolute atomic E-state index is 0.157. The number of para-hydroxylation sites is 1. The minimum Gasteiger partial charge on any atom is -0.494 e. The Kier molecular flexibility index (Phi) is 8.45. The summed E-state index contributed by atoms with van der Waals surface area (Å²) >= 11 is 1.34. The Hall–Kier alpha value is -3.12. The van der Waals surface area contributed by atoms with E-state index in [2.05, 4.69) is 31.3 Å². The van der Waals surface area contributed by atoms with E-state index in [1.807, 2.05) is 47.8 Å². The molecule has 0 spiro atoms. The van der Waals surface area contributed by atoms with Crippen LogP contribution in [0.3, 0.4) is 0 Å². The van der Waals surface area contributed by atoms with Crippen LogP contribution in [-0.4, -0.2) is 25.1 Å². The summed E-state index contributed by atoms with van der Waals surface area (Å²) in [5.74, 6) is 0.621. The Morgan fingerprint density at radius 1 is 1.03 bits per heavy atom. The molecule has 32 heavy (non-hydrogen) atoms. The zero-order chi connectivity index (χ0) is 22.9. The lowest BCUT2D eigenvalue weighted by Gasteiger charge is -2.10. The molecule has 1 amide bonds. The number of anilines is 1. The van der Waals surface area contributed by atoms with Crippen LogP contribution in [-0.2, 0) is 9.53 Å². The molecule has 0 aliphatic carbocycles. The van der Waals surface area contributed by atoms with Gasteiger partial charge in [0, 0.05) is 17.4 Å². The molecular formula is C26H29NO4S. The number of amides is 1. The van der Waals surface area contributed by atoms with Gasteiger partial charge in [0.25, 0.3) is 0 Å². The number of carbonyl (C=O) groups is 2. The van der Waals surface area contributed by atoms with Gasteiger partial charge in [0.1, 0.15) is 16.3 Å². The maximum absolute atomic E-state index is 12.7. The normalized spacial score (nSPS) is 10.8. The van der Waals surface area contributed by atoms with Gasteiger partial charge in [-0.15, -0.1) is 11.3 Å². The molecule has 0 fully saturated rings. The van der Waals surface area contributed by atoms with E-state index in [4.69, 9.17) is 9.47 Å². The Morgan fingerprint density at radius 3 is 2.41 bits per heavy atom.